The lowest BCUT2D eigenvalue weighted by atomic mass is 10.0. The van der Waals surface area contributed by atoms with E-state index in [1.807, 2.05) is 31.2 Å². The molecule has 0 N–H and O–H groups in total. The molecule has 0 aromatic heterocycles. The highest BCUT2D eigenvalue weighted by Gasteiger charge is 2.03. The maximum atomic E-state index is 13.1. The first-order chi connectivity index (χ1) is 7.70. The molecule has 2 heteroatoms. The van der Waals surface area contributed by atoms with Crippen LogP contribution in [0.2, 0.25) is 0 Å². The third-order valence-electron chi connectivity index (χ3n) is 2.57. The van der Waals surface area contributed by atoms with Gasteiger partial charge in [-0.05, 0) is 41.8 Å². The van der Waals surface area contributed by atoms with Gasteiger partial charge in [-0.15, -0.1) is 0 Å². The van der Waals surface area contributed by atoms with E-state index in [-0.39, 0.29) is 5.82 Å². The van der Waals surface area contributed by atoms with Gasteiger partial charge in [-0.3, -0.25) is 0 Å². The summed E-state index contributed by atoms with van der Waals surface area (Å²) in [5.41, 5.74) is 2.89. The molecule has 0 unspecified atom stereocenters. The van der Waals surface area contributed by atoms with Gasteiger partial charge in [0.05, 0.1) is 7.11 Å². The van der Waals surface area contributed by atoms with Crippen LogP contribution >= 0.6 is 0 Å². The molecule has 16 heavy (non-hydrogen) atoms. The highest BCUT2D eigenvalue weighted by atomic mass is 19.1. The van der Waals surface area contributed by atoms with Crippen LogP contribution in [0.4, 0.5) is 4.39 Å². The zero-order chi connectivity index (χ0) is 11.5. The lowest BCUT2D eigenvalue weighted by Gasteiger charge is -2.07. The van der Waals surface area contributed by atoms with Crippen molar-refractivity contribution in [3.8, 4) is 16.9 Å². The smallest absolute Gasteiger partial charge is 0.123 e. The molecule has 0 aliphatic carbocycles. The van der Waals surface area contributed by atoms with Crippen LogP contribution in [0.15, 0.2) is 42.5 Å². The van der Waals surface area contributed by atoms with Crippen molar-refractivity contribution in [3.05, 3.63) is 53.8 Å². The van der Waals surface area contributed by atoms with Crippen molar-refractivity contribution in [1.82, 2.24) is 0 Å². The number of rotatable bonds is 2. The van der Waals surface area contributed by atoms with E-state index in [1.165, 1.54) is 12.1 Å². The number of methoxy groups -OCH3 is 1. The zero-order valence-corrected chi connectivity index (χ0v) is 9.33. The molecule has 0 amide bonds. The second kappa shape index (κ2) is 4.35. The third-order valence-corrected chi connectivity index (χ3v) is 2.57. The number of ether oxygens (including phenoxy) is 1. The average Bonchev–Trinajstić information content (AvgIpc) is 2.29. The number of benzene rings is 2. The van der Waals surface area contributed by atoms with Crippen molar-refractivity contribution >= 4 is 0 Å². The standard InChI is InChI=1S/C14H13FO/c1-10-6-7-12(9-14(10)16-2)11-4-3-5-13(15)8-11/h3-9H,1-2H3. The Morgan fingerprint density at radius 3 is 2.44 bits per heavy atom. The molecule has 2 aromatic rings. The van der Waals surface area contributed by atoms with E-state index >= 15 is 0 Å². The molecule has 0 saturated carbocycles. The highest BCUT2D eigenvalue weighted by Crippen LogP contribution is 2.26. The summed E-state index contributed by atoms with van der Waals surface area (Å²) in [6.07, 6.45) is 0. The van der Waals surface area contributed by atoms with Crippen molar-refractivity contribution in [2.45, 2.75) is 6.92 Å². The van der Waals surface area contributed by atoms with Gasteiger partial charge in [0.15, 0.2) is 0 Å². The summed E-state index contributed by atoms with van der Waals surface area (Å²) >= 11 is 0. The van der Waals surface area contributed by atoms with Crippen molar-refractivity contribution < 1.29 is 9.13 Å². The number of hydrogen-bond donors (Lipinski definition) is 0. The normalized spacial score (nSPS) is 10.2. The minimum absolute atomic E-state index is 0.225. The van der Waals surface area contributed by atoms with Crippen LogP contribution in [0.25, 0.3) is 11.1 Å². The summed E-state index contributed by atoms with van der Waals surface area (Å²) in [5.74, 6) is 0.596. The van der Waals surface area contributed by atoms with Crippen LogP contribution in [-0.4, -0.2) is 7.11 Å². The average molecular weight is 216 g/mol. The molecule has 0 aliphatic rings. The van der Waals surface area contributed by atoms with E-state index in [2.05, 4.69) is 0 Å². The fourth-order valence-corrected chi connectivity index (χ4v) is 1.67. The molecule has 0 bridgehead atoms. The molecular weight excluding hydrogens is 203 g/mol. The Kier molecular flexibility index (Phi) is 2.91. The fraction of sp³-hybridized carbons (Fsp3) is 0.143. The second-order valence-corrected chi connectivity index (χ2v) is 3.69. The Balaban J connectivity index is 2.48. The van der Waals surface area contributed by atoms with Crippen LogP contribution < -0.4 is 4.74 Å². The van der Waals surface area contributed by atoms with Crippen LogP contribution in [0.5, 0.6) is 5.75 Å². The van der Waals surface area contributed by atoms with E-state index in [0.717, 1.165) is 22.4 Å². The molecule has 0 aliphatic heterocycles. The van der Waals surface area contributed by atoms with Gasteiger partial charge >= 0.3 is 0 Å². The predicted octanol–water partition coefficient (Wildman–Crippen LogP) is 3.81. The molecule has 0 radical (unpaired) electrons. The van der Waals surface area contributed by atoms with Gasteiger partial charge in [-0.1, -0.05) is 24.3 Å². The monoisotopic (exact) mass is 216 g/mol. The van der Waals surface area contributed by atoms with E-state index in [4.69, 9.17) is 4.74 Å². The predicted molar refractivity (Wildman–Crippen MR) is 63.1 cm³/mol. The largest absolute Gasteiger partial charge is 0.496 e. The van der Waals surface area contributed by atoms with Crippen molar-refractivity contribution in [1.29, 1.82) is 0 Å². The van der Waals surface area contributed by atoms with E-state index in [9.17, 15) is 4.39 Å². The van der Waals surface area contributed by atoms with Crippen molar-refractivity contribution in [2.24, 2.45) is 0 Å². The maximum Gasteiger partial charge on any atom is 0.123 e. The molecule has 0 spiro atoms. The Hall–Kier alpha value is -1.83. The Morgan fingerprint density at radius 2 is 1.75 bits per heavy atom. The summed E-state index contributed by atoms with van der Waals surface area (Å²) < 4.78 is 18.3. The topological polar surface area (TPSA) is 9.23 Å². The minimum atomic E-state index is -0.225. The Bertz CT molecular complexity index is 506. The summed E-state index contributed by atoms with van der Waals surface area (Å²) in [7, 11) is 1.64. The van der Waals surface area contributed by atoms with Gasteiger partial charge in [0.2, 0.25) is 0 Å². The Morgan fingerprint density at radius 1 is 1.00 bits per heavy atom. The van der Waals surface area contributed by atoms with Crippen molar-refractivity contribution in [2.75, 3.05) is 7.11 Å². The molecule has 0 fully saturated rings. The SMILES string of the molecule is COc1cc(-c2cccc(F)c2)ccc1C. The summed E-state index contributed by atoms with van der Waals surface area (Å²) in [5, 5.41) is 0. The van der Waals surface area contributed by atoms with Gasteiger partial charge < -0.3 is 4.74 Å². The number of aryl methyl sites for hydroxylation is 1. The van der Waals surface area contributed by atoms with Gasteiger partial charge in [0.25, 0.3) is 0 Å². The lowest BCUT2D eigenvalue weighted by molar-refractivity contribution is 0.412. The first-order valence-corrected chi connectivity index (χ1v) is 5.11. The van der Waals surface area contributed by atoms with Gasteiger partial charge in [0, 0.05) is 0 Å². The third kappa shape index (κ3) is 2.06. The molecular formula is C14H13FO. The quantitative estimate of drug-likeness (QED) is 0.741. The van der Waals surface area contributed by atoms with E-state index in [0.29, 0.717) is 0 Å². The molecule has 1 nitrogen and oxygen atoms in total. The van der Waals surface area contributed by atoms with Crippen LogP contribution in [-0.2, 0) is 0 Å². The summed E-state index contributed by atoms with van der Waals surface area (Å²) in [4.78, 5) is 0. The Labute approximate surface area is 94.5 Å². The van der Waals surface area contributed by atoms with Crippen LogP contribution in [0.1, 0.15) is 5.56 Å². The lowest BCUT2D eigenvalue weighted by Crippen LogP contribution is -1.88. The first-order valence-electron chi connectivity index (χ1n) is 5.11. The van der Waals surface area contributed by atoms with Crippen LogP contribution in [0.3, 0.4) is 0 Å². The van der Waals surface area contributed by atoms with E-state index in [1.54, 1.807) is 13.2 Å². The first kappa shape index (κ1) is 10.7. The molecule has 82 valence electrons. The summed E-state index contributed by atoms with van der Waals surface area (Å²) in [6.45, 7) is 1.98. The second-order valence-electron chi connectivity index (χ2n) is 3.69. The van der Waals surface area contributed by atoms with E-state index < -0.39 is 0 Å². The fourth-order valence-electron chi connectivity index (χ4n) is 1.67. The van der Waals surface area contributed by atoms with Gasteiger partial charge in [0.1, 0.15) is 11.6 Å². The maximum absolute atomic E-state index is 13.1. The van der Waals surface area contributed by atoms with Gasteiger partial charge in [-0.25, -0.2) is 4.39 Å². The number of halogens is 1. The molecule has 0 saturated heterocycles. The highest BCUT2D eigenvalue weighted by molar-refractivity contribution is 5.66. The molecule has 2 aromatic carbocycles. The molecule has 0 atom stereocenters. The molecule has 2 rings (SSSR count). The number of hydrogen-bond acceptors (Lipinski definition) is 1. The zero-order valence-electron chi connectivity index (χ0n) is 9.33. The summed E-state index contributed by atoms with van der Waals surface area (Å²) in [6, 6.07) is 12.4. The van der Waals surface area contributed by atoms with Crippen LogP contribution in [0, 0.1) is 12.7 Å². The molecule has 0 heterocycles. The van der Waals surface area contributed by atoms with Gasteiger partial charge in [-0.2, -0.15) is 0 Å². The van der Waals surface area contributed by atoms with Crippen molar-refractivity contribution in [3.63, 3.8) is 0 Å². The minimum Gasteiger partial charge on any atom is -0.496 e.